The van der Waals surface area contributed by atoms with Gasteiger partial charge in [-0.15, -0.1) is 0 Å². The van der Waals surface area contributed by atoms with Crippen LogP contribution >= 0.6 is 0 Å². The smallest absolute Gasteiger partial charge is 0.312 e. The van der Waals surface area contributed by atoms with Crippen LogP contribution in [0, 0.1) is 0 Å². The van der Waals surface area contributed by atoms with Crippen LogP contribution in [0.5, 0.6) is 0 Å². The van der Waals surface area contributed by atoms with Crippen LogP contribution < -0.4 is 16.4 Å². The molecule has 104 valence electrons. The molecule has 3 amide bonds. The second-order valence-corrected chi connectivity index (χ2v) is 4.91. The molecule has 0 bridgehead atoms. The molecule has 0 saturated heterocycles. The van der Waals surface area contributed by atoms with Gasteiger partial charge in [-0.05, 0) is 31.5 Å². The molecule has 0 aliphatic rings. The Morgan fingerprint density at radius 2 is 1.79 bits per heavy atom. The highest BCUT2D eigenvalue weighted by atomic mass is 16.3. The summed E-state index contributed by atoms with van der Waals surface area (Å²) in [6.07, 6.45) is 0. The summed E-state index contributed by atoms with van der Waals surface area (Å²) in [6.45, 7) is 3.73. The molecule has 1 rings (SSSR count). The number of hydrogen-bond donors (Lipinski definition) is 4. The van der Waals surface area contributed by atoms with E-state index in [0.717, 1.165) is 5.56 Å². The van der Waals surface area contributed by atoms with Gasteiger partial charge in [0, 0.05) is 18.7 Å². The van der Waals surface area contributed by atoms with Crippen molar-refractivity contribution in [3.8, 4) is 0 Å². The Labute approximate surface area is 112 Å². The Bertz CT molecular complexity index is 449. The highest BCUT2D eigenvalue weighted by Crippen LogP contribution is 2.05. The fraction of sp³-hybridized carbons (Fsp3) is 0.385. The molecule has 0 spiro atoms. The van der Waals surface area contributed by atoms with Gasteiger partial charge in [-0.2, -0.15) is 0 Å². The number of hydrogen-bond acceptors (Lipinski definition) is 3. The third kappa shape index (κ3) is 5.87. The first kappa shape index (κ1) is 15.0. The number of benzene rings is 1. The van der Waals surface area contributed by atoms with Gasteiger partial charge < -0.3 is 21.5 Å². The Kier molecular flexibility index (Phi) is 4.88. The van der Waals surface area contributed by atoms with Crippen LogP contribution in [0.3, 0.4) is 0 Å². The van der Waals surface area contributed by atoms with Crippen LogP contribution in [0.1, 0.15) is 29.8 Å². The lowest BCUT2D eigenvalue weighted by Crippen LogP contribution is -2.38. The Morgan fingerprint density at radius 1 is 1.21 bits per heavy atom. The van der Waals surface area contributed by atoms with Crippen molar-refractivity contribution in [1.29, 1.82) is 0 Å². The van der Waals surface area contributed by atoms with Crippen LogP contribution in [0.4, 0.5) is 4.79 Å². The van der Waals surface area contributed by atoms with E-state index in [1.54, 1.807) is 38.1 Å². The number of nitrogens with two attached hydrogens (primary N) is 1. The lowest BCUT2D eigenvalue weighted by Gasteiger charge is -2.17. The minimum Gasteiger partial charge on any atom is -0.389 e. The van der Waals surface area contributed by atoms with Crippen LogP contribution in [0.15, 0.2) is 24.3 Å². The highest BCUT2D eigenvalue weighted by molar-refractivity contribution is 5.94. The molecule has 0 heterocycles. The molecule has 0 saturated carbocycles. The fourth-order valence-electron chi connectivity index (χ4n) is 1.36. The number of carbonyl (C=O) groups is 2. The molecule has 1 aromatic carbocycles. The first-order valence-electron chi connectivity index (χ1n) is 5.91. The number of nitrogens with one attached hydrogen (secondary N) is 2. The molecule has 0 aliphatic carbocycles. The van der Waals surface area contributed by atoms with Crippen molar-refractivity contribution < 1.29 is 14.7 Å². The summed E-state index contributed by atoms with van der Waals surface area (Å²) in [5.41, 5.74) is 5.36. The molecule has 0 aliphatic heterocycles. The van der Waals surface area contributed by atoms with E-state index in [-0.39, 0.29) is 12.5 Å². The van der Waals surface area contributed by atoms with E-state index in [1.807, 2.05) is 0 Å². The van der Waals surface area contributed by atoms with Crippen molar-refractivity contribution in [2.75, 3.05) is 6.54 Å². The van der Waals surface area contributed by atoms with Crippen LogP contribution in [0.2, 0.25) is 0 Å². The first-order valence-corrected chi connectivity index (χ1v) is 5.91. The number of amides is 3. The molecular weight excluding hydrogens is 246 g/mol. The zero-order valence-electron chi connectivity index (χ0n) is 11.1. The van der Waals surface area contributed by atoms with Crippen molar-refractivity contribution in [1.82, 2.24) is 10.6 Å². The van der Waals surface area contributed by atoms with E-state index >= 15 is 0 Å². The summed E-state index contributed by atoms with van der Waals surface area (Å²) in [4.78, 5) is 22.3. The van der Waals surface area contributed by atoms with Crippen molar-refractivity contribution in [2.24, 2.45) is 5.73 Å². The third-order valence-electron chi connectivity index (χ3n) is 2.36. The number of urea groups is 1. The van der Waals surface area contributed by atoms with Crippen molar-refractivity contribution in [3.63, 3.8) is 0 Å². The van der Waals surface area contributed by atoms with Crippen molar-refractivity contribution >= 4 is 11.9 Å². The average Bonchev–Trinajstić information content (AvgIpc) is 2.33. The molecule has 0 atom stereocenters. The Hall–Kier alpha value is -2.08. The zero-order valence-corrected chi connectivity index (χ0v) is 11.1. The summed E-state index contributed by atoms with van der Waals surface area (Å²) in [5, 5.41) is 14.6. The normalized spacial score (nSPS) is 10.9. The summed E-state index contributed by atoms with van der Waals surface area (Å²) >= 11 is 0. The first-order chi connectivity index (χ1) is 8.78. The standard InChI is InChI=1S/C13H19N3O3/c1-13(2,19)8-16-11(17)10-5-3-9(4-6-10)7-15-12(14)18/h3-6,19H,7-8H2,1-2H3,(H,16,17)(H3,14,15,18). The highest BCUT2D eigenvalue weighted by Gasteiger charge is 2.14. The van der Waals surface area contributed by atoms with E-state index in [1.165, 1.54) is 0 Å². The summed E-state index contributed by atoms with van der Waals surface area (Å²) in [5.74, 6) is -0.253. The largest absolute Gasteiger partial charge is 0.389 e. The van der Waals surface area contributed by atoms with Crippen molar-refractivity contribution in [2.45, 2.75) is 26.0 Å². The molecule has 0 unspecified atom stereocenters. The zero-order chi connectivity index (χ0) is 14.5. The van der Waals surface area contributed by atoms with E-state index in [9.17, 15) is 14.7 Å². The number of rotatable bonds is 5. The topological polar surface area (TPSA) is 104 Å². The summed E-state index contributed by atoms with van der Waals surface area (Å²) < 4.78 is 0. The molecule has 6 heteroatoms. The van der Waals surface area contributed by atoms with Gasteiger partial charge >= 0.3 is 6.03 Å². The predicted octanol–water partition coefficient (Wildman–Crippen LogP) is 0.356. The van der Waals surface area contributed by atoms with Crippen LogP contribution in [0.25, 0.3) is 0 Å². The van der Waals surface area contributed by atoms with E-state index in [4.69, 9.17) is 5.73 Å². The van der Waals surface area contributed by atoms with Gasteiger partial charge in [0.05, 0.1) is 5.60 Å². The maximum absolute atomic E-state index is 11.8. The van der Waals surface area contributed by atoms with Gasteiger partial charge in [-0.3, -0.25) is 4.79 Å². The molecule has 0 radical (unpaired) electrons. The van der Waals surface area contributed by atoms with Gasteiger partial charge in [-0.1, -0.05) is 12.1 Å². The summed E-state index contributed by atoms with van der Waals surface area (Å²) in [6, 6.07) is 6.17. The number of carbonyl (C=O) groups excluding carboxylic acids is 2. The Balaban J connectivity index is 2.55. The number of primary amides is 1. The molecule has 1 aromatic rings. The fourth-order valence-corrected chi connectivity index (χ4v) is 1.36. The van der Waals surface area contributed by atoms with E-state index in [2.05, 4.69) is 10.6 Å². The molecule has 6 nitrogen and oxygen atoms in total. The van der Waals surface area contributed by atoms with Gasteiger partial charge in [0.1, 0.15) is 0 Å². The quantitative estimate of drug-likeness (QED) is 0.617. The minimum absolute atomic E-state index is 0.177. The monoisotopic (exact) mass is 265 g/mol. The second-order valence-electron chi connectivity index (χ2n) is 4.91. The van der Waals surface area contributed by atoms with Crippen LogP contribution in [-0.2, 0) is 6.54 Å². The van der Waals surface area contributed by atoms with Crippen LogP contribution in [-0.4, -0.2) is 29.2 Å². The van der Waals surface area contributed by atoms with Gasteiger partial charge in [-0.25, -0.2) is 4.79 Å². The van der Waals surface area contributed by atoms with E-state index < -0.39 is 11.6 Å². The lowest BCUT2D eigenvalue weighted by atomic mass is 10.1. The second kappa shape index (κ2) is 6.19. The average molecular weight is 265 g/mol. The minimum atomic E-state index is -0.943. The van der Waals surface area contributed by atoms with Gasteiger partial charge in [0.25, 0.3) is 5.91 Å². The molecule has 5 N–H and O–H groups in total. The Morgan fingerprint density at radius 3 is 2.26 bits per heavy atom. The molecular formula is C13H19N3O3. The third-order valence-corrected chi connectivity index (χ3v) is 2.36. The van der Waals surface area contributed by atoms with Crippen molar-refractivity contribution in [3.05, 3.63) is 35.4 Å². The predicted molar refractivity (Wildman–Crippen MR) is 71.5 cm³/mol. The SMILES string of the molecule is CC(C)(O)CNC(=O)c1ccc(CNC(N)=O)cc1. The molecule has 19 heavy (non-hydrogen) atoms. The molecule has 0 aromatic heterocycles. The van der Waals surface area contributed by atoms with Gasteiger partial charge in [0.2, 0.25) is 0 Å². The maximum Gasteiger partial charge on any atom is 0.312 e. The van der Waals surface area contributed by atoms with E-state index in [0.29, 0.717) is 12.1 Å². The van der Waals surface area contributed by atoms with Gasteiger partial charge in [0.15, 0.2) is 0 Å². The maximum atomic E-state index is 11.8. The lowest BCUT2D eigenvalue weighted by molar-refractivity contribution is 0.0694. The number of aliphatic hydroxyl groups is 1. The summed E-state index contributed by atoms with van der Waals surface area (Å²) in [7, 11) is 0. The molecule has 0 fully saturated rings.